The van der Waals surface area contributed by atoms with Gasteiger partial charge in [-0.15, -0.1) is 0 Å². The monoisotopic (exact) mass is 337 g/mol. The van der Waals surface area contributed by atoms with Crippen LogP contribution in [-0.4, -0.2) is 38.1 Å². The first kappa shape index (κ1) is 15.1. The van der Waals surface area contributed by atoms with Crippen LogP contribution in [0, 0.1) is 0 Å². The Balaban J connectivity index is 2.91. The number of hydrogen-bond donors (Lipinski definition) is 1. The first-order chi connectivity index (χ1) is 9.29. The molecule has 0 radical (unpaired) electrons. The third-order valence-electron chi connectivity index (χ3n) is 2.81. The molecule has 1 aromatic carbocycles. The number of carboxylic acid groups (broad SMARTS) is 1. The lowest BCUT2D eigenvalue weighted by molar-refractivity contribution is 0.0697. The molecule has 108 valence electrons. The van der Waals surface area contributed by atoms with Crippen molar-refractivity contribution in [2.75, 3.05) is 12.9 Å². The van der Waals surface area contributed by atoms with Crippen LogP contribution in [-0.2, 0) is 14.7 Å². The van der Waals surface area contributed by atoms with Gasteiger partial charge < -0.3 is 9.94 Å². The predicted molar refractivity (Wildman–Crippen MR) is 73.6 cm³/mol. The van der Waals surface area contributed by atoms with Gasteiger partial charge in [-0.3, -0.25) is 0 Å². The van der Waals surface area contributed by atoms with Crippen LogP contribution in [0.3, 0.4) is 0 Å². The molecule has 0 bridgehead atoms. The molecule has 0 saturated heterocycles. The lowest BCUT2D eigenvalue weighted by Crippen LogP contribution is -2.24. The van der Waals surface area contributed by atoms with Crippen LogP contribution in [0.4, 0.5) is 0 Å². The summed E-state index contributed by atoms with van der Waals surface area (Å²) in [5.41, 5.74) is -0.0201. The van der Waals surface area contributed by atoms with E-state index < -0.39 is 15.8 Å². The van der Waals surface area contributed by atoms with E-state index in [-0.39, 0.29) is 44.0 Å². The Morgan fingerprint density at radius 2 is 2.10 bits per heavy atom. The highest BCUT2D eigenvalue weighted by molar-refractivity contribution is 7.91. The van der Waals surface area contributed by atoms with Crippen LogP contribution in [0.2, 0.25) is 10.0 Å². The predicted octanol–water partition coefficient (Wildman–Crippen LogP) is 2.22. The Labute approximate surface area is 124 Å². The Kier molecular flexibility index (Phi) is 3.95. The number of carbonyl (C=O) groups is 1. The molecule has 9 heteroatoms. The minimum Gasteiger partial charge on any atom is -0.478 e. The maximum absolute atomic E-state index is 12.1. The summed E-state index contributed by atoms with van der Waals surface area (Å²) in [6.45, 7) is 0. The number of halogens is 2. The summed E-state index contributed by atoms with van der Waals surface area (Å²) in [6, 6.07) is 1.03. The summed E-state index contributed by atoms with van der Waals surface area (Å²) in [4.78, 5) is 15.6. The van der Waals surface area contributed by atoms with E-state index in [1.165, 1.54) is 7.11 Å². The molecule has 1 aliphatic heterocycles. The van der Waals surface area contributed by atoms with Crippen molar-refractivity contribution < 1.29 is 23.2 Å². The van der Waals surface area contributed by atoms with E-state index in [2.05, 4.69) is 9.99 Å². The van der Waals surface area contributed by atoms with Gasteiger partial charge in [-0.1, -0.05) is 28.4 Å². The molecule has 6 nitrogen and oxygen atoms in total. The van der Waals surface area contributed by atoms with E-state index in [1.54, 1.807) is 0 Å². The summed E-state index contributed by atoms with van der Waals surface area (Å²) in [6.07, 6.45) is 0.0717. The molecule has 0 unspecified atom stereocenters. The SMILES string of the molecule is CO/N=C1\CCS(=O)(=O)c2c(Cl)cc(C(=O)O)c(Cl)c21. The van der Waals surface area contributed by atoms with Crippen LogP contribution >= 0.6 is 23.2 Å². The Morgan fingerprint density at radius 1 is 1.45 bits per heavy atom. The average molecular weight is 338 g/mol. The third kappa shape index (κ3) is 2.36. The molecule has 0 fully saturated rings. The second kappa shape index (κ2) is 5.23. The fraction of sp³-hybridized carbons (Fsp3) is 0.273. The van der Waals surface area contributed by atoms with Crippen LogP contribution < -0.4 is 0 Å². The maximum Gasteiger partial charge on any atom is 0.337 e. The lowest BCUT2D eigenvalue weighted by Gasteiger charge is -2.21. The topological polar surface area (TPSA) is 93.0 Å². The molecule has 0 atom stereocenters. The Morgan fingerprint density at radius 3 is 2.65 bits per heavy atom. The molecule has 2 rings (SSSR count). The van der Waals surface area contributed by atoms with E-state index in [4.69, 9.17) is 28.3 Å². The minimum atomic E-state index is -3.63. The van der Waals surface area contributed by atoms with Gasteiger partial charge in [0.25, 0.3) is 0 Å². The smallest absolute Gasteiger partial charge is 0.337 e. The highest BCUT2D eigenvalue weighted by atomic mass is 35.5. The van der Waals surface area contributed by atoms with Crippen LogP contribution in [0.25, 0.3) is 0 Å². The van der Waals surface area contributed by atoms with E-state index in [9.17, 15) is 13.2 Å². The number of benzene rings is 1. The van der Waals surface area contributed by atoms with Gasteiger partial charge >= 0.3 is 5.97 Å². The van der Waals surface area contributed by atoms with Crippen molar-refractivity contribution in [3.63, 3.8) is 0 Å². The van der Waals surface area contributed by atoms with Crippen molar-refractivity contribution in [1.82, 2.24) is 0 Å². The molecule has 0 spiro atoms. The molecule has 1 heterocycles. The van der Waals surface area contributed by atoms with Crippen molar-refractivity contribution in [2.24, 2.45) is 5.16 Å². The van der Waals surface area contributed by atoms with Crippen LogP contribution in [0.1, 0.15) is 22.3 Å². The zero-order valence-electron chi connectivity index (χ0n) is 10.2. The van der Waals surface area contributed by atoms with Gasteiger partial charge in [0.2, 0.25) is 0 Å². The number of nitrogens with zero attached hydrogens (tertiary/aromatic N) is 1. The van der Waals surface area contributed by atoms with Crippen molar-refractivity contribution in [1.29, 1.82) is 0 Å². The Hall–Kier alpha value is -1.31. The third-order valence-corrected chi connectivity index (χ3v) is 5.40. The van der Waals surface area contributed by atoms with Gasteiger partial charge in [-0.25, -0.2) is 13.2 Å². The fourth-order valence-corrected chi connectivity index (χ4v) is 4.49. The second-order valence-electron chi connectivity index (χ2n) is 4.02. The molecule has 0 saturated carbocycles. The molecular weight excluding hydrogens is 329 g/mol. The van der Waals surface area contributed by atoms with E-state index in [0.29, 0.717) is 0 Å². The molecule has 0 aliphatic carbocycles. The molecule has 1 aromatic rings. The van der Waals surface area contributed by atoms with Gasteiger partial charge in [0.1, 0.15) is 7.11 Å². The zero-order valence-corrected chi connectivity index (χ0v) is 12.5. The summed E-state index contributed by atoms with van der Waals surface area (Å²) in [5, 5.41) is 12.4. The highest BCUT2D eigenvalue weighted by Crippen LogP contribution is 2.38. The molecule has 20 heavy (non-hydrogen) atoms. The first-order valence-electron chi connectivity index (χ1n) is 5.38. The number of sulfone groups is 1. The molecule has 0 amide bonds. The van der Waals surface area contributed by atoms with Crippen molar-refractivity contribution >= 4 is 44.7 Å². The number of aromatic carboxylic acids is 1. The molecular formula is C11H9Cl2NO5S. The lowest BCUT2D eigenvalue weighted by atomic mass is 10.0. The fourth-order valence-electron chi connectivity index (χ4n) is 1.99. The first-order valence-corrected chi connectivity index (χ1v) is 7.79. The van der Waals surface area contributed by atoms with Crippen molar-refractivity contribution in [3.8, 4) is 0 Å². The number of oxime groups is 1. The van der Waals surface area contributed by atoms with Crippen molar-refractivity contribution in [2.45, 2.75) is 11.3 Å². The quantitative estimate of drug-likeness (QED) is 0.835. The molecule has 1 aliphatic rings. The summed E-state index contributed by atoms with van der Waals surface area (Å²) in [5.74, 6) is -1.50. The summed E-state index contributed by atoms with van der Waals surface area (Å²) in [7, 11) is -2.34. The maximum atomic E-state index is 12.1. The van der Waals surface area contributed by atoms with Gasteiger partial charge in [-0.2, -0.15) is 0 Å². The van der Waals surface area contributed by atoms with Gasteiger partial charge in [-0.05, 0) is 6.07 Å². The number of hydrogen-bond acceptors (Lipinski definition) is 5. The zero-order chi connectivity index (χ0) is 15.1. The van der Waals surface area contributed by atoms with Crippen LogP contribution in [0.15, 0.2) is 16.1 Å². The largest absolute Gasteiger partial charge is 0.478 e. The van der Waals surface area contributed by atoms with E-state index >= 15 is 0 Å². The standard InChI is InChI=1S/C11H9Cl2NO5S/c1-19-14-7-2-3-20(17,18)10-6(12)4-5(11(15)16)9(13)8(7)10/h4H,2-3H2,1H3,(H,15,16)/b14-7+. The summed E-state index contributed by atoms with van der Waals surface area (Å²) >= 11 is 11.9. The summed E-state index contributed by atoms with van der Waals surface area (Å²) < 4.78 is 24.2. The second-order valence-corrected chi connectivity index (χ2v) is 6.85. The number of carboxylic acids is 1. The molecule has 0 aromatic heterocycles. The molecule has 1 N–H and O–H groups in total. The number of fused-ring (bicyclic) bond motifs is 1. The van der Waals surface area contributed by atoms with E-state index in [0.717, 1.165) is 6.07 Å². The van der Waals surface area contributed by atoms with E-state index in [1.807, 2.05) is 0 Å². The van der Waals surface area contributed by atoms with Gasteiger partial charge in [0.05, 0.1) is 32.0 Å². The van der Waals surface area contributed by atoms with Gasteiger partial charge in [0, 0.05) is 12.0 Å². The van der Waals surface area contributed by atoms with Crippen LogP contribution in [0.5, 0.6) is 0 Å². The number of rotatable bonds is 2. The minimum absolute atomic E-state index is 0.00432. The average Bonchev–Trinajstić information content (AvgIpc) is 2.35. The normalized spacial score (nSPS) is 18.6. The highest BCUT2D eigenvalue weighted by Gasteiger charge is 2.35. The Bertz CT molecular complexity index is 727. The van der Waals surface area contributed by atoms with Crippen molar-refractivity contribution in [3.05, 3.63) is 27.2 Å². The van der Waals surface area contributed by atoms with Gasteiger partial charge in [0.15, 0.2) is 9.84 Å².